The van der Waals surface area contributed by atoms with E-state index in [4.69, 9.17) is 0 Å². The van der Waals surface area contributed by atoms with Gasteiger partial charge in [0.1, 0.15) is 5.69 Å². The standard InChI is InChI=1S/C10H11BrN2S/c11-6-9-7-12-10(14-9)13-8-4-2-1-3-5-8/h1-5,9H,6-7H2,(H,12,13)/p+1. The van der Waals surface area contributed by atoms with Crippen LogP contribution in [0.1, 0.15) is 0 Å². The van der Waals surface area contributed by atoms with E-state index in [0.29, 0.717) is 5.25 Å². The summed E-state index contributed by atoms with van der Waals surface area (Å²) in [7, 11) is 0. The Morgan fingerprint density at radius 1 is 1.43 bits per heavy atom. The van der Waals surface area contributed by atoms with Crippen LogP contribution in [-0.4, -0.2) is 22.3 Å². The largest absolute Gasteiger partial charge is 0.309 e. The number of anilines is 1. The monoisotopic (exact) mass is 271 g/mol. The fourth-order valence-electron chi connectivity index (χ4n) is 1.27. The molecular weight excluding hydrogens is 260 g/mol. The van der Waals surface area contributed by atoms with Crippen LogP contribution in [0.4, 0.5) is 5.69 Å². The molecule has 0 bridgehead atoms. The van der Waals surface area contributed by atoms with Crippen molar-refractivity contribution >= 4 is 38.5 Å². The molecular formula is C10H12BrN2S+. The highest BCUT2D eigenvalue weighted by Crippen LogP contribution is 2.16. The first kappa shape index (κ1) is 10.1. The second-order valence-electron chi connectivity index (χ2n) is 3.10. The van der Waals surface area contributed by atoms with Crippen molar-refractivity contribution in [1.82, 2.24) is 0 Å². The van der Waals surface area contributed by atoms with Crippen LogP contribution < -0.4 is 10.3 Å². The third-order valence-corrected chi connectivity index (χ3v) is 4.34. The normalized spacial score (nSPS) is 20.6. The number of rotatable bonds is 2. The molecule has 1 atom stereocenters. The molecule has 74 valence electrons. The van der Waals surface area contributed by atoms with Crippen LogP contribution in [0.15, 0.2) is 30.3 Å². The molecule has 2 nitrogen and oxygen atoms in total. The lowest BCUT2D eigenvalue weighted by Gasteiger charge is -1.99. The quantitative estimate of drug-likeness (QED) is 0.787. The third-order valence-electron chi connectivity index (χ3n) is 1.98. The first-order valence-electron chi connectivity index (χ1n) is 4.54. The van der Waals surface area contributed by atoms with Crippen molar-refractivity contribution in [2.75, 3.05) is 17.2 Å². The van der Waals surface area contributed by atoms with Gasteiger partial charge in [-0.15, -0.1) is 0 Å². The molecule has 14 heavy (non-hydrogen) atoms. The van der Waals surface area contributed by atoms with Crippen molar-refractivity contribution in [3.63, 3.8) is 0 Å². The van der Waals surface area contributed by atoms with Crippen LogP contribution in [0.5, 0.6) is 0 Å². The zero-order chi connectivity index (χ0) is 9.80. The zero-order valence-corrected chi connectivity index (χ0v) is 10.1. The predicted octanol–water partition coefficient (Wildman–Crippen LogP) is 1.05. The molecule has 0 spiro atoms. The molecule has 4 heteroatoms. The minimum Gasteiger partial charge on any atom is -0.267 e. The molecule has 0 aliphatic carbocycles. The van der Waals surface area contributed by atoms with E-state index in [-0.39, 0.29) is 0 Å². The summed E-state index contributed by atoms with van der Waals surface area (Å²) in [5.74, 6) is 0. The molecule has 0 saturated carbocycles. The van der Waals surface area contributed by atoms with Gasteiger partial charge in [0, 0.05) is 5.33 Å². The molecule has 1 unspecified atom stereocenters. The molecule has 1 aromatic carbocycles. The van der Waals surface area contributed by atoms with E-state index in [0.717, 1.165) is 22.7 Å². The van der Waals surface area contributed by atoms with Gasteiger partial charge in [-0.05, 0) is 23.9 Å². The van der Waals surface area contributed by atoms with Gasteiger partial charge < -0.3 is 0 Å². The van der Waals surface area contributed by atoms with Crippen LogP contribution in [0.3, 0.4) is 0 Å². The Morgan fingerprint density at radius 3 is 2.86 bits per heavy atom. The van der Waals surface area contributed by atoms with Gasteiger partial charge in [-0.3, -0.25) is 4.99 Å². The maximum atomic E-state index is 3.49. The molecule has 2 N–H and O–H groups in total. The highest BCUT2D eigenvalue weighted by molar-refractivity contribution is 9.09. The van der Waals surface area contributed by atoms with Crippen LogP contribution in [0.2, 0.25) is 0 Å². The summed E-state index contributed by atoms with van der Waals surface area (Å²) in [6.45, 7) is 1.03. The Labute approximate surface area is 96.3 Å². The molecule has 1 aliphatic rings. The smallest absolute Gasteiger partial charge is 0.267 e. The lowest BCUT2D eigenvalue weighted by atomic mass is 10.3. The highest BCUT2D eigenvalue weighted by atomic mass is 79.9. The minimum absolute atomic E-state index is 0.640. The van der Waals surface area contributed by atoms with E-state index in [1.54, 1.807) is 0 Å². The number of nitrogens with one attached hydrogen (secondary N) is 2. The number of hydrogen-bond acceptors (Lipinski definition) is 2. The Kier molecular flexibility index (Phi) is 3.48. The number of thioether (sulfide) groups is 1. The van der Waals surface area contributed by atoms with Gasteiger partial charge in [0.2, 0.25) is 0 Å². The number of halogens is 1. The molecule has 0 aromatic heterocycles. The van der Waals surface area contributed by atoms with E-state index in [1.807, 2.05) is 30.0 Å². The van der Waals surface area contributed by atoms with Gasteiger partial charge in [-0.25, -0.2) is 5.32 Å². The van der Waals surface area contributed by atoms with E-state index >= 15 is 0 Å². The molecule has 0 fully saturated rings. The minimum atomic E-state index is 0.640. The molecule has 2 rings (SSSR count). The summed E-state index contributed by atoms with van der Waals surface area (Å²) in [6, 6.07) is 10.2. The molecule has 1 aromatic rings. The molecule has 0 saturated heterocycles. The van der Waals surface area contributed by atoms with Gasteiger partial charge in [0.05, 0.1) is 11.8 Å². The van der Waals surface area contributed by atoms with Gasteiger partial charge in [-0.2, -0.15) is 0 Å². The van der Waals surface area contributed by atoms with Crippen molar-refractivity contribution in [2.45, 2.75) is 5.25 Å². The lowest BCUT2D eigenvalue weighted by molar-refractivity contribution is -0.448. The van der Waals surface area contributed by atoms with Crippen molar-refractivity contribution in [1.29, 1.82) is 0 Å². The summed E-state index contributed by atoms with van der Waals surface area (Å²) < 4.78 is 0. The van der Waals surface area contributed by atoms with Crippen molar-refractivity contribution in [3.05, 3.63) is 30.3 Å². The second kappa shape index (κ2) is 4.84. The first-order valence-corrected chi connectivity index (χ1v) is 6.54. The molecule has 1 heterocycles. The van der Waals surface area contributed by atoms with E-state index in [2.05, 4.69) is 38.4 Å². The summed E-state index contributed by atoms with van der Waals surface area (Å²) in [6.07, 6.45) is 0. The lowest BCUT2D eigenvalue weighted by Crippen LogP contribution is -2.72. The number of amidine groups is 1. The van der Waals surface area contributed by atoms with Crippen molar-refractivity contribution in [2.24, 2.45) is 0 Å². The average Bonchev–Trinajstić information content (AvgIpc) is 2.67. The van der Waals surface area contributed by atoms with Gasteiger partial charge in [0.15, 0.2) is 0 Å². The fraction of sp³-hybridized carbons (Fsp3) is 0.300. The summed E-state index contributed by atoms with van der Waals surface area (Å²) in [5.41, 5.74) is 1.14. The van der Waals surface area contributed by atoms with Gasteiger partial charge in [0.25, 0.3) is 0 Å². The molecule has 0 radical (unpaired) electrons. The van der Waals surface area contributed by atoms with Crippen LogP contribution in [0, 0.1) is 0 Å². The number of hydrogen-bond donors (Lipinski definition) is 2. The Morgan fingerprint density at radius 2 is 2.21 bits per heavy atom. The number of alkyl halides is 1. The average molecular weight is 272 g/mol. The third kappa shape index (κ3) is 2.51. The Hall–Kier alpha value is -0.480. The SMILES string of the molecule is BrCC1C[NH+]=C(Nc2ccccc2)S1. The maximum Gasteiger partial charge on any atom is 0.309 e. The van der Waals surface area contributed by atoms with E-state index < -0.39 is 0 Å². The number of para-hydroxylation sites is 1. The Balaban J connectivity index is 1.94. The van der Waals surface area contributed by atoms with Gasteiger partial charge in [-0.1, -0.05) is 34.1 Å². The summed E-state index contributed by atoms with van der Waals surface area (Å²) in [5, 5.41) is 6.18. The summed E-state index contributed by atoms with van der Waals surface area (Å²) >= 11 is 5.34. The van der Waals surface area contributed by atoms with E-state index in [1.165, 1.54) is 0 Å². The second-order valence-corrected chi connectivity index (χ2v) is 5.05. The fourth-order valence-corrected chi connectivity index (χ4v) is 2.80. The van der Waals surface area contributed by atoms with Crippen LogP contribution in [0.25, 0.3) is 0 Å². The summed E-state index contributed by atoms with van der Waals surface area (Å²) in [4.78, 5) is 3.34. The van der Waals surface area contributed by atoms with E-state index in [9.17, 15) is 0 Å². The Bertz CT molecular complexity index is 326. The zero-order valence-electron chi connectivity index (χ0n) is 7.66. The predicted molar refractivity (Wildman–Crippen MR) is 66.1 cm³/mol. The highest BCUT2D eigenvalue weighted by Gasteiger charge is 2.23. The topological polar surface area (TPSA) is 26.0 Å². The van der Waals surface area contributed by atoms with Crippen molar-refractivity contribution in [3.8, 4) is 0 Å². The first-order chi connectivity index (χ1) is 6.88. The molecule has 0 amide bonds. The maximum absolute atomic E-state index is 3.49. The van der Waals surface area contributed by atoms with Gasteiger partial charge >= 0.3 is 5.17 Å². The van der Waals surface area contributed by atoms with Crippen molar-refractivity contribution < 1.29 is 4.99 Å². The molecule has 1 aliphatic heterocycles. The number of benzene rings is 1. The van der Waals surface area contributed by atoms with Crippen LogP contribution >= 0.6 is 27.7 Å². The van der Waals surface area contributed by atoms with Crippen LogP contribution in [-0.2, 0) is 0 Å².